The average molecular weight is 517 g/mol. The number of ether oxygens (including phenoxy) is 2. The van der Waals surface area contributed by atoms with E-state index in [1.54, 1.807) is 0 Å². The number of carbonyl (C=O) groups excluding carboxylic acids is 1. The van der Waals surface area contributed by atoms with Crippen LogP contribution in [0.4, 0.5) is 0 Å². The zero-order chi connectivity index (χ0) is 25.4. The molecule has 0 spiro atoms. The van der Waals surface area contributed by atoms with Crippen LogP contribution in [0.3, 0.4) is 0 Å². The lowest BCUT2D eigenvalue weighted by Gasteiger charge is -2.17. The summed E-state index contributed by atoms with van der Waals surface area (Å²) in [6, 6.07) is 4.46. The van der Waals surface area contributed by atoms with Gasteiger partial charge in [0.05, 0.1) is 22.8 Å². The molecule has 178 valence electrons. The fraction of sp³-hybridized carbons (Fsp3) is 0.316. The highest BCUT2D eigenvalue weighted by Crippen LogP contribution is 2.38. The Morgan fingerprint density at radius 3 is 1.88 bits per heavy atom. The van der Waals surface area contributed by atoms with Crippen LogP contribution in [0.5, 0.6) is 11.6 Å². The molecule has 2 rings (SSSR count). The molecule has 0 N–H and O–H groups in total. The Morgan fingerprint density at radius 2 is 1.48 bits per heavy atom. The molecule has 0 radical (unpaired) electrons. The van der Waals surface area contributed by atoms with Gasteiger partial charge in [0.15, 0.2) is 35.3 Å². The molecular formula is C19H20N2O9S3. The van der Waals surface area contributed by atoms with E-state index in [2.05, 4.69) is 4.98 Å². The quantitative estimate of drug-likeness (QED) is 0.487. The van der Waals surface area contributed by atoms with E-state index >= 15 is 0 Å². The van der Waals surface area contributed by atoms with Gasteiger partial charge in [0.25, 0.3) is 0 Å². The summed E-state index contributed by atoms with van der Waals surface area (Å²) in [7, 11) is -12.5. The van der Waals surface area contributed by atoms with Crippen LogP contribution >= 0.6 is 0 Å². The Bertz CT molecular complexity index is 1450. The summed E-state index contributed by atoms with van der Waals surface area (Å²) in [5.74, 6) is -2.22. The van der Waals surface area contributed by atoms with E-state index in [0.29, 0.717) is 0 Å². The number of rotatable bonds is 7. The molecular weight excluding hydrogens is 496 g/mol. The van der Waals surface area contributed by atoms with Gasteiger partial charge in [0.2, 0.25) is 5.88 Å². The summed E-state index contributed by atoms with van der Waals surface area (Å²) < 4.78 is 84.5. The number of hydrogen-bond donors (Lipinski definition) is 0. The summed E-state index contributed by atoms with van der Waals surface area (Å²) in [6.07, 6.45) is 2.25. The molecule has 0 bridgehead atoms. The molecule has 11 nitrogen and oxygen atoms in total. The van der Waals surface area contributed by atoms with Gasteiger partial charge in [-0.3, -0.25) is 0 Å². The van der Waals surface area contributed by atoms with E-state index in [1.807, 2.05) is 6.07 Å². The van der Waals surface area contributed by atoms with Crippen molar-refractivity contribution in [3.8, 4) is 17.7 Å². The first-order chi connectivity index (χ1) is 15.0. The molecule has 0 saturated heterocycles. The lowest BCUT2D eigenvalue weighted by Crippen LogP contribution is -2.13. The lowest BCUT2D eigenvalue weighted by molar-refractivity contribution is 0.0522. The number of aryl methyl sites for hydroxylation is 1. The van der Waals surface area contributed by atoms with Gasteiger partial charge in [-0.1, -0.05) is 0 Å². The molecule has 0 atom stereocenters. The molecule has 0 saturated carbocycles. The van der Waals surface area contributed by atoms with E-state index in [9.17, 15) is 35.3 Å². The minimum atomic E-state index is -4.24. The Morgan fingerprint density at radius 1 is 0.970 bits per heavy atom. The molecule has 0 fully saturated rings. The normalized spacial score (nSPS) is 12.1. The average Bonchev–Trinajstić information content (AvgIpc) is 2.65. The third-order valence-corrected chi connectivity index (χ3v) is 7.51. The van der Waals surface area contributed by atoms with Crippen LogP contribution in [0.15, 0.2) is 32.9 Å². The number of carbonyl (C=O) groups is 1. The minimum absolute atomic E-state index is 0.00417. The summed E-state index contributed by atoms with van der Waals surface area (Å²) in [4.78, 5) is 14.4. The van der Waals surface area contributed by atoms with Crippen molar-refractivity contribution >= 4 is 35.5 Å². The predicted molar refractivity (Wildman–Crippen MR) is 115 cm³/mol. The van der Waals surface area contributed by atoms with E-state index in [4.69, 9.17) is 9.47 Å². The van der Waals surface area contributed by atoms with E-state index in [0.717, 1.165) is 37.0 Å². The molecule has 1 heterocycles. The van der Waals surface area contributed by atoms with Crippen LogP contribution in [0.25, 0.3) is 0 Å². The molecule has 0 unspecified atom stereocenters. The largest absolute Gasteiger partial charge is 0.462 e. The number of hydrogen-bond acceptors (Lipinski definition) is 11. The van der Waals surface area contributed by atoms with Crippen molar-refractivity contribution in [1.82, 2.24) is 4.98 Å². The second-order valence-electron chi connectivity index (χ2n) is 6.97. The van der Waals surface area contributed by atoms with Crippen LogP contribution < -0.4 is 4.74 Å². The number of benzene rings is 1. The summed E-state index contributed by atoms with van der Waals surface area (Å²) in [5.41, 5.74) is -0.246. The van der Waals surface area contributed by atoms with Crippen molar-refractivity contribution in [2.45, 2.75) is 28.5 Å². The van der Waals surface area contributed by atoms with Crippen molar-refractivity contribution in [3.05, 3.63) is 35.0 Å². The van der Waals surface area contributed by atoms with Gasteiger partial charge < -0.3 is 9.47 Å². The number of pyridine rings is 1. The maximum absolute atomic E-state index is 12.5. The van der Waals surface area contributed by atoms with Crippen molar-refractivity contribution in [3.63, 3.8) is 0 Å². The van der Waals surface area contributed by atoms with Gasteiger partial charge in [-0.25, -0.2) is 35.0 Å². The third-order valence-electron chi connectivity index (χ3n) is 4.21. The van der Waals surface area contributed by atoms with Crippen LogP contribution in [0.1, 0.15) is 28.5 Å². The van der Waals surface area contributed by atoms with Crippen molar-refractivity contribution < 1.29 is 39.5 Å². The van der Waals surface area contributed by atoms with E-state index in [1.165, 1.54) is 13.8 Å². The van der Waals surface area contributed by atoms with E-state index < -0.39 is 61.8 Å². The van der Waals surface area contributed by atoms with E-state index in [-0.39, 0.29) is 23.4 Å². The Balaban J connectivity index is 2.99. The molecule has 0 aliphatic heterocycles. The number of nitriles is 1. The Labute approximate surface area is 191 Å². The van der Waals surface area contributed by atoms with Gasteiger partial charge in [0, 0.05) is 18.8 Å². The third kappa shape index (κ3) is 5.86. The maximum Gasteiger partial charge on any atom is 0.343 e. The second-order valence-corrected chi connectivity index (χ2v) is 13.0. The van der Waals surface area contributed by atoms with Crippen LogP contribution in [-0.4, -0.2) is 61.6 Å². The lowest BCUT2D eigenvalue weighted by atomic mass is 10.1. The van der Waals surface area contributed by atoms with Gasteiger partial charge in [-0.2, -0.15) is 5.26 Å². The highest BCUT2D eigenvalue weighted by Gasteiger charge is 2.30. The Hall–Kier alpha value is -3.02. The fourth-order valence-corrected chi connectivity index (χ4v) is 5.18. The van der Waals surface area contributed by atoms with Crippen molar-refractivity contribution in [2.75, 3.05) is 25.4 Å². The highest BCUT2D eigenvalue weighted by atomic mass is 32.2. The zero-order valence-corrected chi connectivity index (χ0v) is 20.7. The zero-order valence-electron chi connectivity index (χ0n) is 18.2. The number of sulfone groups is 3. The van der Waals surface area contributed by atoms with Gasteiger partial charge in [-0.15, -0.1) is 0 Å². The first-order valence-electron chi connectivity index (χ1n) is 9.05. The van der Waals surface area contributed by atoms with Crippen molar-refractivity contribution in [2.24, 2.45) is 0 Å². The minimum Gasteiger partial charge on any atom is -0.462 e. The van der Waals surface area contributed by atoms with Gasteiger partial charge in [-0.05, 0) is 32.0 Å². The standard InChI is InChI=1S/C19H20N2O9S3/c1-6-29-19(22)14-7-12(10-20)11(2)21-18(14)30-17-15(32(4,25)26)8-13(31(3,23)24)9-16(17)33(5,27)28/h7-9H,6H2,1-5H3. The number of esters is 1. The molecule has 2 aromatic rings. The van der Waals surface area contributed by atoms with Gasteiger partial charge >= 0.3 is 5.97 Å². The summed E-state index contributed by atoms with van der Waals surface area (Å²) in [5, 5.41) is 9.25. The highest BCUT2D eigenvalue weighted by molar-refractivity contribution is 7.92. The Kier molecular flexibility index (Phi) is 7.22. The molecule has 33 heavy (non-hydrogen) atoms. The smallest absolute Gasteiger partial charge is 0.343 e. The molecule has 0 aliphatic rings. The first kappa shape index (κ1) is 26.2. The monoisotopic (exact) mass is 516 g/mol. The van der Waals surface area contributed by atoms with Crippen LogP contribution in [0.2, 0.25) is 0 Å². The number of nitrogens with zero attached hydrogens (tertiary/aromatic N) is 2. The number of aromatic nitrogens is 1. The fourth-order valence-electron chi connectivity index (χ4n) is 2.64. The SMILES string of the molecule is CCOC(=O)c1cc(C#N)c(C)nc1Oc1c(S(C)(=O)=O)cc(S(C)(=O)=O)cc1S(C)(=O)=O. The van der Waals surface area contributed by atoms with Crippen LogP contribution in [0, 0.1) is 18.3 Å². The maximum atomic E-state index is 12.5. The predicted octanol–water partition coefficient (Wildman–Crippen LogP) is 1.44. The second kappa shape index (κ2) is 9.08. The van der Waals surface area contributed by atoms with Crippen molar-refractivity contribution in [1.29, 1.82) is 5.26 Å². The molecule has 14 heteroatoms. The molecule has 0 aliphatic carbocycles. The van der Waals surface area contributed by atoms with Crippen LogP contribution in [-0.2, 0) is 34.2 Å². The van der Waals surface area contributed by atoms with Gasteiger partial charge in [0.1, 0.15) is 21.4 Å². The topological polar surface area (TPSA) is 175 Å². The first-order valence-corrected chi connectivity index (χ1v) is 14.7. The molecule has 0 amide bonds. The molecule has 1 aromatic carbocycles. The molecule has 1 aromatic heterocycles. The summed E-state index contributed by atoms with van der Waals surface area (Å²) >= 11 is 0. The summed E-state index contributed by atoms with van der Waals surface area (Å²) in [6.45, 7) is 2.90.